The third-order valence-corrected chi connectivity index (χ3v) is 6.90. The molecule has 2 heterocycles. The van der Waals surface area contributed by atoms with Gasteiger partial charge in [-0.3, -0.25) is 4.79 Å². The van der Waals surface area contributed by atoms with E-state index in [0.717, 1.165) is 12.0 Å². The van der Waals surface area contributed by atoms with E-state index >= 15 is 0 Å². The largest absolute Gasteiger partial charge is 0.454 e. The van der Waals surface area contributed by atoms with Gasteiger partial charge in [0.1, 0.15) is 0 Å². The average Bonchev–Trinajstić information content (AvgIpc) is 3.21. The second-order valence-corrected chi connectivity index (χ2v) is 8.97. The predicted octanol–water partition coefficient (Wildman–Crippen LogP) is 2.56. The minimum Gasteiger partial charge on any atom is -0.454 e. The van der Waals surface area contributed by atoms with Gasteiger partial charge in [-0.15, -0.1) is 0 Å². The molecule has 0 bridgehead atoms. The van der Waals surface area contributed by atoms with Gasteiger partial charge in [0.05, 0.1) is 4.90 Å². The van der Waals surface area contributed by atoms with Gasteiger partial charge in [0.25, 0.3) is 5.91 Å². The van der Waals surface area contributed by atoms with Crippen LogP contribution in [0.4, 0.5) is 0 Å². The van der Waals surface area contributed by atoms with E-state index in [-0.39, 0.29) is 23.6 Å². The van der Waals surface area contributed by atoms with Crippen molar-refractivity contribution < 1.29 is 22.7 Å². The van der Waals surface area contributed by atoms with Gasteiger partial charge in [0.15, 0.2) is 11.5 Å². The van der Waals surface area contributed by atoms with E-state index < -0.39 is 10.0 Å². The van der Waals surface area contributed by atoms with Gasteiger partial charge in [-0.25, -0.2) is 13.1 Å². The highest BCUT2D eigenvalue weighted by molar-refractivity contribution is 7.89. The molecule has 1 N–H and O–H groups in total. The lowest BCUT2D eigenvalue weighted by molar-refractivity contribution is 0.0711. The number of fused-ring (bicyclic) bond motifs is 1. The number of hydrogen-bond donors (Lipinski definition) is 1. The van der Waals surface area contributed by atoms with Crippen molar-refractivity contribution in [2.75, 3.05) is 19.9 Å². The zero-order chi connectivity index (χ0) is 20.4. The van der Waals surface area contributed by atoms with Gasteiger partial charge in [0.2, 0.25) is 16.8 Å². The number of hydrogen-bond acceptors (Lipinski definition) is 5. The van der Waals surface area contributed by atoms with Crippen molar-refractivity contribution in [1.29, 1.82) is 0 Å². The zero-order valence-electron chi connectivity index (χ0n) is 16.3. The SMILES string of the molecule is CCc1ccc(S(=O)(=O)NC2CCN(C(=O)c3ccc4c(c3)OCO4)CC2)cc1. The molecular weight excluding hydrogens is 392 g/mol. The maximum absolute atomic E-state index is 12.8. The summed E-state index contributed by atoms with van der Waals surface area (Å²) in [7, 11) is -3.57. The number of rotatable bonds is 5. The number of sulfonamides is 1. The van der Waals surface area contributed by atoms with Gasteiger partial charge in [-0.2, -0.15) is 0 Å². The summed E-state index contributed by atoms with van der Waals surface area (Å²) in [5.41, 5.74) is 1.64. The van der Waals surface area contributed by atoms with E-state index in [0.29, 0.717) is 43.0 Å². The average molecular weight is 416 g/mol. The van der Waals surface area contributed by atoms with Crippen LogP contribution in [0.25, 0.3) is 0 Å². The number of likely N-dealkylation sites (tertiary alicyclic amines) is 1. The Morgan fingerprint density at radius 2 is 1.76 bits per heavy atom. The molecule has 8 heteroatoms. The van der Waals surface area contributed by atoms with E-state index in [2.05, 4.69) is 4.72 Å². The summed E-state index contributed by atoms with van der Waals surface area (Å²) >= 11 is 0. The molecule has 29 heavy (non-hydrogen) atoms. The van der Waals surface area contributed by atoms with Gasteiger partial charge in [-0.1, -0.05) is 19.1 Å². The number of ether oxygens (including phenoxy) is 2. The Kier molecular flexibility index (Phi) is 5.47. The summed E-state index contributed by atoms with van der Waals surface area (Å²) in [6, 6.07) is 11.9. The molecule has 1 amide bonds. The molecule has 0 aliphatic carbocycles. The molecule has 4 rings (SSSR count). The lowest BCUT2D eigenvalue weighted by Crippen LogP contribution is -2.46. The number of amides is 1. The molecule has 1 fully saturated rings. The van der Waals surface area contributed by atoms with Gasteiger partial charge < -0.3 is 14.4 Å². The molecule has 0 unspecified atom stereocenters. The van der Waals surface area contributed by atoms with Crippen molar-refractivity contribution in [2.45, 2.75) is 37.1 Å². The molecule has 0 radical (unpaired) electrons. The van der Waals surface area contributed by atoms with Crippen LogP contribution in [0.1, 0.15) is 35.7 Å². The summed E-state index contributed by atoms with van der Waals surface area (Å²) in [5, 5.41) is 0. The molecule has 7 nitrogen and oxygen atoms in total. The summed E-state index contributed by atoms with van der Waals surface area (Å²) in [6.45, 7) is 3.19. The molecule has 0 atom stereocenters. The summed E-state index contributed by atoms with van der Waals surface area (Å²) in [5.74, 6) is 1.13. The number of nitrogens with one attached hydrogen (secondary N) is 1. The Hall–Kier alpha value is -2.58. The van der Waals surface area contributed by atoms with Crippen molar-refractivity contribution in [3.8, 4) is 11.5 Å². The standard InChI is InChI=1S/C21H24N2O5S/c1-2-15-3-6-18(7-4-15)29(25,26)22-17-9-11-23(12-10-17)21(24)16-5-8-19-20(13-16)28-14-27-19/h3-8,13,17,22H,2,9-12,14H2,1H3. The third kappa shape index (κ3) is 4.23. The zero-order valence-corrected chi connectivity index (χ0v) is 17.1. The molecule has 2 aromatic rings. The highest BCUT2D eigenvalue weighted by Gasteiger charge is 2.28. The van der Waals surface area contributed by atoms with Crippen LogP contribution >= 0.6 is 0 Å². The summed E-state index contributed by atoms with van der Waals surface area (Å²) in [6.07, 6.45) is 2.01. The van der Waals surface area contributed by atoms with E-state index in [1.54, 1.807) is 35.2 Å². The van der Waals surface area contributed by atoms with Crippen LogP contribution in [-0.4, -0.2) is 45.1 Å². The van der Waals surface area contributed by atoms with Crippen LogP contribution < -0.4 is 14.2 Å². The van der Waals surface area contributed by atoms with Crippen LogP contribution in [0.2, 0.25) is 0 Å². The smallest absolute Gasteiger partial charge is 0.253 e. The van der Waals surface area contributed by atoms with Gasteiger partial charge >= 0.3 is 0 Å². The fraction of sp³-hybridized carbons (Fsp3) is 0.381. The Morgan fingerprint density at radius 1 is 1.07 bits per heavy atom. The number of aryl methyl sites for hydroxylation is 1. The Bertz CT molecular complexity index is 996. The monoisotopic (exact) mass is 416 g/mol. The second-order valence-electron chi connectivity index (χ2n) is 7.25. The van der Waals surface area contributed by atoms with E-state index in [9.17, 15) is 13.2 Å². The van der Waals surface area contributed by atoms with Gasteiger partial charge in [-0.05, 0) is 55.2 Å². The predicted molar refractivity (Wildman–Crippen MR) is 108 cm³/mol. The molecule has 2 aromatic carbocycles. The van der Waals surface area contributed by atoms with E-state index in [1.807, 2.05) is 19.1 Å². The van der Waals surface area contributed by atoms with Crippen molar-refractivity contribution in [1.82, 2.24) is 9.62 Å². The number of carbonyl (C=O) groups is 1. The molecule has 0 saturated carbocycles. The summed E-state index contributed by atoms with van der Waals surface area (Å²) < 4.78 is 38.6. The minimum absolute atomic E-state index is 0.0836. The fourth-order valence-corrected chi connectivity index (χ4v) is 4.91. The fourth-order valence-electron chi connectivity index (χ4n) is 3.60. The van der Waals surface area contributed by atoms with Crippen LogP contribution in [-0.2, 0) is 16.4 Å². The molecule has 2 aliphatic rings. The Labute approximate surface area is 170 Å². The second kappa shape index (κ2) is 8.04. The third-order valence-electron chi connectivity index (χ3n) is 5.37. The molecule has 0 spiro atoms. The highest BCUT2D eigenvalue weighted by Crippen LogP contribution is 2.33. The van der Waals surface area contributed by atoms with Crippen molar-refractivity contribution in [2.24, 2.45) is 0 Å². The maximum Gasteiger partial charge on any atom is 0.253 e. The minimum atomic E-state index is -3.57. The van der Waals surface area contributed by atoms with Crippen molar-refractivity contribution in [3.63, 3.8) is 0 Å². The van der Waals surface area contributed by atoms with E-state index in [4.69, 9.17) is 9.47 Å². The van der Waals surface area contributed by atoms with Crippen LogP contribution in [0.15, 0.2) is 47.4 Å². The van der Waals surface area contributed by atoms with Crippen molar-refractivity contribution >= 4 is 15.9 Å². The highest BCUT2D eigenvalue weighted by atomic mass is 32.2. The first-order chi connectivity index (χ1) is 14.0. The van der Waals surface area contributed by atoms with Crippen LogP contribution in [0, 0.1) is 0 Å². The van der Waals surface area contributed by atoms with E-state index in [1.165, 1.54) is 0 Å². The first-order valence-electron chi connectivity index (χ1n) is 9.76. The molecule has 2 aliphatic heterocycles. The quantitative estimate of drug-likeness (QED) is 0.810. The Morgan fingerprint density at radius 3 is 2.45 bits per heavy atom. The molecular formula is C21H24N2O5S. The molecule has 154 valence electrons. The topological polar surface area (TPSA) is 84.9 Å². The first kappa shape index (κ1) is 19.7. The van der Waals surface area contributed by atoms with Gasteiger partial charge in [0, 0.05) is 24.7 Å². The Balaban J connectivity index is 1.35. The summed E-state index contributed by atoms with van der Waals surface area (Å²) in [4.78, 5) is 14.8. The maximum atomic E-state index is 12.8. The molecule has 0 aromatic heterocycles. The lowest BCUT2D eigenvalue weighted by atomic mass is 10.0. The number of nitrogens with zero attached hydrogens (tertiary/aromatic N) is 1. The van der Waals surface area contributed by atoms with Crippen LogP contribution in [0.5, 0.6) is 11.5 Å². The van der Waals surface area contributed by atoms with Crippen molar-refractivity contribution in [3.05, 3.63) is 53.6 Å². The number of carbonyl (C=O) groups excluding carboxylic acids is 1. The molecule has 1 saturated heterocycles. The number of benzene rings is 2. The first-order valence-corrected chi connectivity index (χ1v) is 11.2. The lowest BCUT2D eigenvalue weighted by Gasteiger charge is -2.32. The number of piperidine rings is 1. The normalized spacial score (nSPS) is 16.8. The van der Waals surface area contributed by atoms with Crippen LogP contribution in [0.3, 0.4) is 0 Å².